The highest BCUT2D eigenvalue weighted by Crippen LogP contribution is 2.46. The Morgan fingerprint density at radius 2 is 1.92 bits per heavy atom. The van der Waals surface area contributed by atoms with Crippen molar-refractivity contribution in [3.63, 3.8) is 0 Å². The van der Waals surface area contributed by atoms with Crippen molar-refractivity contribution in [1.29, 1.82) is 5.26 Å². The van der Waals surface area contributed by atoms with Gasteiger partial charge in [-0.15, -0.1) is 0 Å². The molecule has 15 heteroatoms. The second-order valence-corrected chi connectivity index (χ2v) is 20.0. The Balaban J connectivity index is 1.08. The van der Waals surface area contributed by atoms with Gasteiger partial charge in [-0.05, 0) is 55.8 Å². The van der Waals surface area contributed by atoms with Gasteiger partial charge in [-0.1, -0.05) is 19.6 Å². The van der Waals surface area contributed by atoms with Gasteiger partial charge in [0.1, 0.15) is 30.5 Å². The minimum atomic E-state index is -4.60. The summed E-state index contributed by atoms with van der Waals surface area (Å²) < 4.78 is 56.0. The Bertz CT molecular complexity index is 1780. The lowest BCUT2D eigenvalue weighted by molar-refractivity contribution is -0.141. The first-order chi connectivity index (χ1) is 23.4. The Morgan fingerprint density at radius 3 is 2.61 bits per heavy atom. The van der Waals surface area contributed by atoms with Crippen LogP contribution in [0.15, 0.2) is 43.1 Å². The lowest BCUT2D eigenvalue weighted by Crippen LogP contribution is -2.58. The molecular weight excluding hydrogens is 654 g/mol. The van der Waals surface area contributed by atoms with Crippen molar-refractivity contribution in [3.05, 3.63) is 54.4 Å². The number of fused-ring (bicyclic) bond motifs is 1. The average Bonchev–Trinajstić information content (AvgIpc) is 3.69. The number of halogens is 3. The van der Waals surface area contributed by atoms with Crippen LogP contribution in [-0.2, 0) is 29.6 Å². The molecular formula is C34H43F3N8O3Si. The number of nitrogens with zero attached hydrogens (tertiary/aromatic N) is 8. The van der Waals surface area contributed by atoms with Crippen LogP contribution in [0.5, 0.6) is 5.88 Å². The van der Waals surface area contributed by atoms with E-state index in [1.807, 2.05) is 27.7 Å². The predicted octanol–water partition coefficient (Wildman–Crippen LogP) is 5.87. The quantitative estimate of drug-likeness (QED) is 0.135. The summed E-state index contributed by atoms with van der Waals surface area (Å²) in [4.78, 5) is 15.2. The van der Waals surface area contributed by atoms with Gasteiger partial charge in [-0.2, -0.15) is 23.5 Å². The number of hydrogen-bond acceptors (Lipinski definition) is 9. The van der Waals surface area contributed by atoms with Crippen LogP contribution in [0.3, 0.4) is 0 Å². The van der Waals surface area contributed by atoms with Crippen molar-refractivity contribution in [2.75, 3.05) is 26.3 Å². The zero-order valence-corrected chi connectivity index (χ0v) is 29.2. The van der Waals surface area contributed by atoms with Gasteiger partial charge in [-0.3, -0.25) is 9.58 Å². The Morgan fingerprint density at radius 1 is 1.14 bits per heavy atom. The molecule has 0 atom stereocenters. The first-order valence-corrected chi connectivity index (χ1v) is 20.5. The maximum Gasteiger partial charge on any atom is 0.433 e. The number of aromatic nitrogens is 6. The van der Waals surface area contributed by atoms with Crippen LogP contribution in [-0.4, -0.2) is 85.8 Å². The van der Waals surface area contributed by atoms with Crippen LogP contribution in [0.1, 0.15) is 43.4 Å². The Hall–Kier alpha value is -3.84. The molecule has 4 aromatic rings. The number of nitriles is 1. The van der Waals surface area contributed by atoms with E-state index in [9.17, 15) is 23.5 Å². The first kappa shape index (κ1) is 35.0. The monoisotopic (exact) mass is 696 g/mol. The largest absolute Gasteiger partial charge is 0.474 e. The van der Waals surface area contributed by atoms with E-state index in [0.29, 0.717) is 31.6 Å². The summed E-state index contributed by atoms with van der Waals surface area (Å²) in [6.45, 7) is 9.32. The van der Waals surface area contributed by atoms with Gasteiger partial charge in [0, 0.05) is 69.8 Å². The third kappa shape index (κ3) is 7.98. The van der Waals surface area contributed by atoms with E-state index < -0.39 is 25.5 Å². The smallest absolute Gasteiger partial charge is 0.433 e. The third-order valence-electron chi connectivity index (χ3n) is 9.60. The molecule has 0 radical (unpaired) electrons. The second kappa shape index (κ2) is 14.2. The molecule has 1 saturated heterocycles. The fourth-order valence-electron chi connectivity index (χ4n) is 6.79. The number of aliphatic hydroxyl groups is 1. The molecule has 0 spiro atoms. The summed E-state index contributed by atoms with van der Waals surface area (Å²) in [7, 11) is -1.18. The van der Waals surface area contributed by atoms with Crippen molar-refractivity contribution in [2.24, 2.45) is 0 Å². The molecule has 2 fully saturated rings. The summed E-state index contributed by atoms with van der Waals surface area (Å²) >= 11 is 0. The van der Waals surface area contributed by atoms with Crippen LogP contribution in [0.4, 0.5) is 13.2 Å². The second-order valence-electron chi connectivity index (χ2n) is 14.4. The summed E-state index contributed by atoms with van der Waals surface area (Å²) in [6.07, 6.45) is 5.67. The van der Waals surface area contributed by atoms with E-state index in [0.717, 1.165) is 66.9 Å². The first-order valence-electron chi connectivity index (χ1n) is 16.8. The predicted molar refractivity (Wildman–Crippen MR) is 179 cm³/mol. The maximum absolute atomic E-state index is 13.4. The number of alkyl halides is 3. The molecule has 1 aliphatic heterocycles. The highest BCUT2D eigenvalue weighted by atomic mass is 28.3. The number of ether oxygens (including phenoxy) is 2. The van der Waals surface area contributed by atoms with E-state index in [2.05, 4.69) is 45.6 Å². The molecule has 11 nitrogen and oxygen atoms in total. The van der Waals surface area contributed by atoms with Gasteiger partial charge in [-0.25, -0.2) is 15.0 Å². The number of aliphatic hydroxyl groups excluding tert-OH is 1. The van der Waals surface area contributed by atoms with Crippen LogP contribution in [0, 0.1) is 11.3 Å². The summed E-state index contributed by atoms with van der Waals surface area (Å²) in [5.41, 5.74) is 1.31. The molecule has 1 aliphatic carbocycles. The molecule has 49 heavy (non-hydrogen) atoms. The average molecular weight is 697 g/mol. The normalized spacial score (nSPS) is 20.7. The summed E-state index contributed by atoms with van der Waals surface area (Å²) in [5.74, 6) is -0.0637. The van der Waals surface area contributed by atoms with E-state index in [-0.39, 0.29) is 31.1 Å². The molecule has 1 N–H and O–H groups in total. The molecule has 1 saturated carbocycles. The molecule has 0 unspecified atom stereocenters. The van der Waals surface area contributed by atoms with Crippen molar-refractivity contribution in [1.82, 2.24) is 34.2 Å². The van der Waals surface area contributed by atoms with E-state index in [4.69, 9.17) is 14.6 Å². The van der Waals surface area contributed by atoms with Crippen LogP contribution >= 0.6 is 0 Å². The van der Waals surface area contributed by atoms with Crippen LogP contribution in [0.25, 0.3) is 22.3 Å². The topological polar surface area (TPSA) is 127 Å². The molecule has 6 rings (SSSR count). The van der Waals surface area contributed by atoms with E-state index in [1.165, 1.54) is 6.07 Å². The molecule has 0 amide bonds. The van der Waals surface area contributed by atoms with E-state index in [1.54, 1.807) is 12.5 Å². The molecule has 5 heterocycles. The molecule has 0 bridgehead atoms. The SMILES string of the molecule is C[Si](C)(C)CCOCn1ccc2c(-c3cnn(C4(CC#N)CC(N5CCC(Oc6cc(CCO)cc(C(F)(F)F)n6)CC5)C4)c3)ncnc21. The van der Waals surface area contributed by atoms with E-state index >= 15 is 0 Å². The standard InChI is InChI=1S/C34H43F3N8O3Si/c1-49(2,3)15-14-47-23-44-12-6-28-31(39-22-40-32(28)44)25-20-41-45(21-25)33(8-9-38)18-26(19-33)43-10-4-27(5-11-43)48-30-17-24(7-13-46)16-29(42-30)34(35,36)37/h6,12,16-17,20-22,26-27,46H,4-5,7-8,10-11,13-15,18-19,23H2,1-3H3. The molecule has 4 aromatic heterocycles. The third-order valence-corrected chi connectivity index (χ3v) is 11.3. The van der Waals surface area contributed by atoms with Gasteiger partial charge in [0.15, 0.2) is 0 Å². The zero-order valence-electron chi connectivity index (χ0n) is 28.2. The van der Waals surface area contributed by atoms with Crippen molar-refractivity contribution < 1.29 is 27.8 Å². The maximum atomic E-state index is 13.4. The molecule has 2 aliphatic rings. The Kier molecular flexibility index (Phi) is 10.1. The Labute approximate surface area is 284 Å². The zero-order chi connectivity index (χ0) is 34.8. The number of hydrogen-bond donors (Lipinski definition) is 1. The highest BCUT2D eigenvalue weighted by Gasteiger charge is 2.49. The van der Waals surface area contributed by atoms with Crippen LogP contribution < -0.4 is 4.74 Å². The van der Waals surface area contributed by atoms with Crippen LogP contribution in [0.2, 0.25) is 25.7 Å². The molecule has 0 aromatic carbocycles. The number of pyridine rings is 1. The van der Waals surface area contributed by atoms with Gasteiger partial charge in [0.05, 0.1) is 29.9 Å². The lowest BCUT2D eigenvalue weighted by Gasteiger charge is -2.52. The summed E-state index contributed by atoms with van der Waals surface area (Å²) in [5, 5.41) is 24.6. The van der Waals surface area contributed by atoms with Gasteiger partial charge >= 0.3 is 6.18 Å². The minimum absolute atomic E-state index is 0.0637. The van der Waals surface area contributed by atoms with Crippen molar-refractivity contribution in [3.8, 4) is 23.2 Å². The number of piperidine rings is 1. The molecule has 262 valence electrons. The fraction of sp³-hybridized carbons (Fsp3) is 0.559. The highest BCUT2D eigenvalue weighted by molar-refractivity contribution is 6.76. The lowest BCUT2D eigenvalue weighted by atomic mass is 9.69. The van der Waals surface area contributed by atoms with Gasteiger partial charge in [0.25, 0.3) is 0 Å². The number of rotatable bonds is 13. The van der Waals surface area contributed by atoms with Crippen molar-refractivity contribution >= 4 is 19.1 Å². The number of likely N-dealkylation sites (tertiary alicyclic amines) is 1. The van der Waals surface area contributed by atoms with Gasteiger partial charge < -0.3 is 19.1 Å². The summed E-state index contributed by atoms with van der Waals surface area (Å²) in [6, 6.07) is 8.15. The minimum Gasteiger partial charge on any atom is -0.474 e. The van der Waals surface area contributed by atoms with Crippen molar-refractivity contribution in [2.45, 2.75) is 94.8 Å². The van der Waals surface area contributed by atoms with Gasteiger partial charge in [0.2, 0.25) is 5.88 Å². The fourth-order valence-corrected chi connectivity index (χ4v) is 7.54.